The molecule has 0 bridgehead atoms. The third-order valence-electron chi connectivity index (χ3n) is 6.62. The van der Waals surface area contributed by atoms with Gasteiger partial charge in [-0.05, 0) is 36.5 Å². The minimum Gasteiger partial charge on any atom is -0.494 e. The minimum atomic E-state index is -3.06. The van der Waals surface area contributed by atoms with Crippen molar-refractivity contribution >= 4 is 44.4 Å². The molecule has 0 aliphatic carbocycles. The number of fused-ring (bicyclic) bond motifs is 1. The van der Waals surface area contributed by atoms with Crippen LogP contribution in [-0.4, -0.2) is 65.9 Å². The van der Waals surface area contributed by atoms with Crippen LogP contribution in [0.25, 0.3) is 21.6 Å². The molecule has 4 heterocycles. The molecule has 39 heavy (non-hydrogen) atoms. The molecular weight excluding hydrogens is 562 g/mol. The zero-order valence-corrected chi connectivity index (χ0v) is 22.0. The Kier molecular flexibility index (Phi) is 7.21. The standard InChI is InChI=1S/C23H23F4N7O3S2/c1-37-16-6-12(24)11(5-13(16)25)14-7-17(39(36)34-10-31-18-21(28)32-38-22(18)34)15(8-30-14)33-4-2-3-23(29,9-33)19(35)20(26)27/h5-8,10,19-20,35H,2-4,9,29H2,1H3,(H2,28,32)/t19-,23-,39?/m1/s1. The smallest absolute Gasteiger partial charge is 0.265 e. The monoisotopic (exact) mass is 585 g/mol. The third-order valence-corrected chi connectivity index (χ3v) is 8.93. The van der Waals surface area contributed by atoms with E-state index in [-0.39, 0.29) is 46.4 Å². The van der Waals surface area contributed by atoms with Gasteiger partial charge < -0.3 is 26.2 Å². The maximum absolute atomic E-state index is 14.9. The molecule has 1 aliphatic heterocycles. The number of nitrogens with two attached hydrogens (primary N) is 2. The summed E-state index contributed by atoms with van der Waals surface area (Å²) in [5, 5.41) is 10.1. The number of piperidine rings is 1. The van der Waals surface area contributed by atoms with Gasteiger partial charge in [0, 0.05) is 24.7 Å². The van der Waals surface area contributed by atoms with Gasteiger partial charge in [0.05, 0.1) is 35.1 Å². The Labute approximate surface area is 226 Å². The normalized spacial score (nSPS) is 19.5. The van der Waals surface area contributed by atoms with Crippen molar-refractivity contribution in [1.29, 1.82) is 0 Å². The molecule has 0 amide bonds. The first-order valence-electron chi connectivity index (χ1n) is 11.6. The Morgan fingerprint density at radius 1 is 1.23 bits per heavy atom. The second-order valence-corrected chi connectivity index (χ2v) is 11.2. The van der Waals surface area contributed by atoms with Crippen LogP contribution in [0.15, 0.2) is 35.6 Å². The molecule has 5 N–H and O–H groups in total. The fraction of sp³-hybridized carbons (Fsp3) is 0.348. The van der Waals surface area contributed by atoms with Crippen molar-refractivity contribution in [1.82, 2.24) is 18.3 Å². The fourth-order valence-corrected chi connectivity index (χ4v) is 6.69. The van der Waals surface area contributed by atoms with Crippen molar-refractivity contribution in [3.8, 4) is 17.0 Å². The summed E-state index contributed by atoms with van der Waals surface area (Å²) >= 11 is 0.971. The molecular formula is C23H23F4N7O3S2. The van der Waals surface area contributed by atoms with Crippen LogP contribution in [0.2, 0.25) is 0 Å². The van der Waals surface area contributed by atoms with Gasteiger partial charge in [-0.15, -0.1) is 0 Å². The van der Waals surface area contributed by atoms with Crippen LogP contribution in [0, 0.1) is 11.6 Å². The average Bonchev–Trinajstić information content (AvgIpc) is 3.51. The van der Waals surface area contributed by atoms with Crippen molar-refractivity contribution in [3.63, 3.8) is 0 Å². The highest BCUT2D eigenvalue weighted by Gasteiger charge is 2.43. The van der Waals surface area contributed by atoms with Crippen LogP contribution >= 0.6 is 11.5 Å². The van der Waals surface area contributed by atoms with Gasteiger partial charge in [-0.2, -0.15) is 4.37 Å². The number of aliphatic hydroxyl groups excluding tert-OH is 1. The molecule has 0 radical (unpaired) electrons. The summed E-state index contributed by atoms with van der Waals surface area (Å²) in [6, 6.07) is 3.10. The maximum Gasteiger partial charge on any atom is 0.265 e. The summed E-state index contributed by atoms with van der Waals surface area (Å²) < 4.78 is 80.3. The van der Waals surface area contributed by atoms with Gasteiger partial charge in [-0.1, -0.05) is 0 Å². The van der Waals surface area contributed by atoms with Crippen molar-refractivity contribution in [2.24, 2.45) is 5.73 Å². The summed E-state index contributed by atoms with van der Waals surface area (Å²) in [6.45, 7) is 0.139. The number of imidazole rings is 1. The van der Waals surface area contributed by atoms with E-state index in [0.717, 1.165) is 23.7 Å². The van der Waals surface area contributed by atoms with Gasteiger partial charge in [-0.25, -0.2) is 30.7 Å². The number of methoxy groups -OCH3 is 1. The van der Waals surface area contributed by atoms with E-state index >= 15 is 0 Å². The Morgan fingerprint density at radius 3 is 2.72 bits per heavy atom. The Morgan fingerprint density at radius 2 is 2.00 bits per heavy atom. The number of aliphatic hydroxyl groups is 1. The van der Waals surface area contributed by atoms with Crippen LogP contribution in [0.3, 0.4) is 0 Å². The number of hydrogen-bond acceptors (Lipinski definition) is 10. The van der Waals surface area contributed by atoms with E-state index in [1.54, 1.807) is 4.90 Å². The number of rotatable bonds is 7. The molecule has 1 fully saturated rings. The quantitative estimate of drug-likeness (QED) is 0.279. The highest BCUT2D eigenvalue weighted by Crippen LogP contribution is 2.36. The molecule has 4 aromatic rings. The first kappa shape index (κ1) is 27.2. The molecule has 5 rings (SSSR count). The molecule has 3 atom stereocenters. The molecule has 1 saturated heterocycles. The average molecular weight is 586 g/mol. The molecule has 1 unspecified atom stereocenters. The zero-order valence-electron chi connectivity index (χ0n) is 20.4. The molecule has 0 spiro atoms. The van der Waals surface area contributed by atoms with Gasteiger partial charge in [-0.3, -0.25) is 4.98 Å². The number of alkyl halides is 2. The lowest BCUT2D eigenvalue weighted by Crippen LogP contribution is -2.63. The Hall–Kier alpha value is -3.34. The molecule has 16 heteroatoms. The number of aromatic nitrogens is 4. The van der Waals surface area contributed by atoms with Crippen molar-refractivity contribution in [2.75, 3.05) is 30.8 Å². The number of hydrogen-bond donors (Lipinski definition) is 3. The number of ether oxygens (including phenoxy) is 1. The largest absolute Gasteiger partial charge is 0.494 e. The summed E-state index contributed by atoms with van der Waals surface area (Å²) in [5.41, 5.74) is 10.7. The van der Waals surface area contributed by atoms with Crippen LogP contribution in [-0.2, 0) is 11.0 Å². The maximum atomic E-state index is 14.9. The molecule has 10 nitrogen and oxygen atoms in total. The van der Waals surface area contributed by atoms with Crippen LogP contribution in [0.5, 0.6) is 5.75 Å². The number of halogens is 4. The first-order chi connectivity index (χ1) is 18.5. The van der Waals surface area contributed by atoms with Crippen molar-refractivity contribution in [3.05, 3.63) is 42.4 Å². The summed E-state index contributed by atoms with van der Waals surface area (Å²) in [5.74, 6) is -1.80. The molecule has 1 aromatic carbocycles. The lowest BCUT2D eigenvalue weighted by Gasteiger charge is -2.44. The van der Waals surface area contributed by atoms with E-state index in [2.05, 4.69) is 14.3 Å². The summed E-state index contributed by atoms with van der Waals surface area (Å²) in [7, 11) is -0.842. The third kappa shape index (κ3) is 4.81. The summed E-state index contributed by atoms with van der Waals surface area (Å²) in [4.78, 5) is 10.5. The van der Waals surface area contributed by atoms with E-state index in [9.17, 15) is 26.9 Å². The highest BCUT2D eigenvalue weighted by atomic mass is 32.2. The number of pyridine rings is 1. The van der Waals surface area contributed by atoms with E-state index in [1.165, 1.54) is 29.7 Å². The predicted molar refractivity (Wildman–Crippen MR) is 138 cm³/mol. The lowest BCUT2D eigenvalue weighted by molar-refractivity contribution is -0.0529. The van der Waals surface area contributed by atoms with Gasteiger partial charge in [0.25, 0.3) is 6.43 Å². The van der Waals surface area contributed by atoms with Crippen LogP contribution < -0.4 is 21.1 Å². The second-order valence-electron chi connectivity index (χ2n) is 9.08. The predicted octanol–water partition coefficient (Wildman–Crippen LogP) is 2.92. The Balaban J connectivity index is 1.64. The topological polar surface area (TPSA) is 145 Å². The zero-order chi connectivity index (χ0) is 28.1. The number of nitrogen functional groups attached to an aromatic ring is 1. The molecule has 3 aromatic heterocycles. The minimum absolute atomic E-state index is 0.0371. The van der Waals surface area contributed by atoms with Gasteiger partial charge in [0.2, 0.25) is 0 Å². The van der Waals surface area contributed by atoms with Crippen LogP contribution in [0.4, 0.5) is 29.1 Å². The van der Waals surface area contributed by atoms with Crippen LogP contribution in [0.1, 0.15) is 12.8 Å². The molecule has 0 saturated carbocycles. The van der Waals surface area contributed by atoms with E-state index in [0.29, 0.717) is 23.3 Å². The summed E-state index contributed by atoms with van der Waals surface area (Å²) in [6.07, 6.45) is -2.07. The fourth-order valence-electron chi connectivity index (χ4n) is 4.59. The van der Waals surface area contributed by atoms with Crippen molar-refractivity contribution in [2.45, 2.75) is 35.8 Å². The number of anilines is 2. The first-order valence-corrected chi connectivity index (χ1v) is 13.5. The van der Waals surface area contributed by atoms with E-state index in [1.807, 2.05) is 0 Å². The second kappa shape index (κ2) is 10.3. The Bertz CT molecular complexity index is 1570. The van der Waals surface area contributed by atoms with E-state index < -0.39 is 40.7 Å². The molecule has 208 valence electrons. The van der Waals surface area contributed by atoms with Gasteiger partial charge in [0.15, 0.2) is 33.2 Å². The number of nitrogens with zero attached hydrogens (tertiary/aromatic N) is 5. The lowest BCUT2D eigenvalue weighted by atomic mass is 9.84. The van der Waals surface area contributed by atoms with Gasteiger partial charge >= 0.3 is 0 Å². The number of benzene rings is 1. The van der Waals surface area contributed by atoms with Gasteiger partial charge in [0.1, 0.15) is 23.8 Å². The van der Waals surface area contributed by atoms with Crippen molar-refractivity contribution < 1.29 is 31.6 Å². The SMILES string of the molecule is COc1cc(F)c(-c2cc(S(=O)n3cnc4c(N)nsc43)c(N3CCC[C@](N)([C@H](O)C(F)F)C3)cn2)cc1F. The highest BCUT2D eigenvalue weighted by molar-refractivity contribution is 7.84. The van der Waals surface area contributed by atoms with E-state index in [4.69, 9.17) is 16.2 Å². The molecule has 1 aliphatic rings.